The first-order valence-corrected chi connectivity index (χ1v) is 10.1. The fourth-order valence-corrected chi connectivity index (χ4v) is 3.77. The van der Waals surface area contributed by atoms with E-state index in [1.165, 1.54) is 0 Å². The molecule has 6 heteroatoms. The predicted molar refractivity (Wildman–Crippen MR) is 116 cm³/mol. The molecule has 0 saturated heterocycles. The molecule has 1 N–H and O–H groups in total. The minimum absolute atomic E-state index is 0.00960. The lowest BCUT2D eigenvalue weighted by atomic mass is 9.97. The van der Waals surface area contributed by atoms with Crippen LogP contribution in [-0.4, -0.2) is 41.1 Å². The number of hydrogen-bond acceptors (Lipinski definition) is 5. The molecule has 2 aromatic carbocycles. The highest BCUT2D eigenvalue weighted by molar-refractivity contribution is 5.85. The number of allylic oxidation sites excluding steroid dienone is 1. The van der Waals surface area contributed by atoms with Gasteiger partial charge in [0.25, 0.3) is 0 Å². The van der Waals surface area contributed by atoms with Gasteiger partial charge in [-0.2, -0.15) is 0 Å². The molecular weight excluding hydrogens is 380 g/mol. The third-order valence-corrected chi connectivity index (χ3v) is 5.50. The standard InChI is InChI=1S/C24H30N2O4/c1-16(2)22-24(28)25(14-18-6-10-20(29-4)11-7-18)17(3)23(27)26(22)15-19-8-12-21(30-5)13-9-19/h6-13,16,22,27H,14-15H2,1-5H3/t22-/m0/s1. The normalized spacial score (nSPS) is 17.0. The van der Waals surface area contributed by atoms with E-state index in [0.717, 1.165) is 22.6 Å². The van der Waals surface area contributed by atoms with Gasteiger partial charge in [-0.3, -0.25) is 4.79 Å². The Hall–Kier alpha value is -3.15. The van der Waals surface area contributed by atoms with Crippen LogP contribution in [0.3, 0.4) is 0 Å². The Labute approximate surface area is 178 Å². The molecule has 0 radical (unpaired) electrons. The van der Waals surface area contributed by atoms with Crippen molar-refractivity contribution in [3.8, 4) is 11.5 Å². The van der Waals surface area contributed by atoms with Gasteiger partial charge in [-0.1, -0.05) is 38.1 Å². The van der Waals surface area contributed by atoms with E-state index >= 15 is 0 Å². The molecule has 1 aliphatic rings. The average molecular weight is 411 g/mol. The molecule has 0 spiro atoms. The lowest BCUT2D eigenvalue weighted by Gasteiger charge is -2.43. The number of rotatable bonds is 7. The van der Waals surface area contributed by atoms with E-state index in [0.29, 0.717) is 18.8 Å². The Morgan fingerprint density at radius 3 is 1.80 bits per heavy atom. The molecule has 0 aromatic heterocycles. The van der Waals surface area contributed by atoms with Crippen LogP contribution >= 0.6 is 0 Å². The topological polar surface area (TPSA) is 62.2 Å². The molecule has 0 unspecified atom stereocenters. The van der Waals surface area contributed by atoms with Gasteiger partial charge in [-0.05, 0) is 48.2 Å². The smallest absolute Gasteiger partial charge is 0.250 e. The van der Waals surface area contributed by atoms with Gasteiger partial charge in [0, 0.05) is 6.54 Å². The van der Waals surface area contributed by atoms with Crippen LogP contribution in [0.5, 0.6) is 11.5 Å². The highest BCUT2D eigenvalue weighted by atomic mass is 16.5. The van der Waals surface area contributed by atoms with Crippen molar-refractivity contribution in [3.05, 3.63) is 71.2 Å². The highest BCUT2D eigenvalue weighted by Crippen LogP contribution is 2.31. The average Bonchev–Trinajstić information content (AvgIpc) is 2.75. The lowest BCUT2D eigenvalue weighted by molar-refractivity contribution is -0.141. The third-order valence-electron chi connectivity index (χ3n) is 5.50. The second kappa shape index (κ2) is 9.11. The van der Waals surface area contributed by atoms with E-state index in [4.69, 9.17) is 9.47 Å². The molecule has 30 heavy (non-hydrogen) atoms. The maximum absolute atomic E-state index is 13.4. The summed E-state index contributed by atoms with van der Waals surface area (Å²) in [7, 11) is 3.25. The van der Waals surface area contributed by atoms with Crippen LogP contribution in [0.25, 0.3) is 0 Å². The third kappa shape index (κ3) is 4.37. The Morgan fingerprint density at radius 2 is 1.37 bits per heavy atom. The zero-order valence-corrected chi connectivity index (χ0v) is 18.3. The molecule has 160 valence electrons. The first-order valence-electron chi connectivity index (χ1n) is 10.1. The van der Waals surface area contributed by atoms with Crippen molar-refractivity contribution < 1.29 is 19.4 Å². The molecule has 1 atom stereocenters. The minimum atomic E-state index is -0.450. The van der Waals surface area contributed by atoms with Gasteiger partial charge in [0.15, 0.2) is 0 Å². The second-order valence-corrected chi connectivity index (χ2v) is 7.85. The predicted octanol–water partition coefficient (Wildman–Crippen LogP) is 4.32. The first kappa shape index (κ1) is 21.6. The fraction of sp³-hybridized carbons (Fsp3) is 0.375. The maximum atomic E-state index is 13.4. The van der Waals surface area contributed by atoms with Gasteiger partial charge < -0.3 is 24.4 Å². The van der Waals surface area contributed by atoms with E-state index in [1.54, 1.807) is 30.9 Å². The summed E-state index contributed by atoms with van der Waals surface area (Å²) in [5.74, 6) is 1.70. The molecule has 2 aromatic rings. The number of aliphatic hydroxyl groups is 1. The monoisotopic (exact) mass is 410 g/mol. The van der Waals surface area contributed by atoms with E-state index in [1.807, 2.05) is 62.4 Å². The van der Waals surface area contributed by atoms with Crippen molar-refractivity contribution in [3.63, 3.8) is 0 Å². The molecule has 0 aliphatic carbocycles. The number of nitrogens with zero attached hydrogens (tertiary/aromatic N) is 2. The van der Waals surface area contributed by atoms with Crippen molar-refractivity contribution in [1.82, 2.24) is 9.80 Å². The lowest BCUT2D eigenvalue weighted by Crippen LogP contribution is -2.54. The van der Waals surface area contributed by atoms with E-state index in [-0.39, 0.29) is 17.7 Å². The van der Waals surface area contributed by atoms with Crippen LogP contribution in [-0.2, 0) is 17.9 Å². The quantitative estimate of drug-likeness (QED) is 0.737. The fourth-order valence-electron chi connectivity index (χ4n) is 3.77. The molecule has 0 fully saturated rings. The Bertz CT molecular complexity index is 904. The Kier molecular flexibility index (Phi) is 6.55. The summed E-state index contributed by atoms with van der Waals surface area (Å²) in [6.45, 7) is 6.64. The molecule has 3 rings (SSSR count). The van der Waals surface area contributed by atoms with Crippen LogP contribution in [0.15, 0.2) is 60.1 Å². The van der Waals surface area contributed by atoms with Crippen LogP contribution in [0, 0.1) is 5.92 Å². The van der Waals surface area contributed by atoms with Crippen molar-refractivity contribution in [2.45, 2.75) is 39.9 Å². The summed E-state index contributed by atoms with van der Waals surface area (Å²) in [5, 5.41) is 11.0. The van der Waals surface area contributed by atoms with Gasteiger partial charge in [0.05, 0.1) is 26.5 Å². The van der Waals surface area contributed by atoms with Crippen LogP contribution in [0.2, 0.25) is 0 Å². The summed E-state index contributed by atoms with van der Waals surface area (Å²) in [4.78, 5) is 16.9. The minimum Gasteiger partial charge on any atom is -0.497 e. The van der Waals surface area contributed by atoms with Gasteiger partial charge in [0.1, 0.15) is 17.5 Å². The molecule has 1 heterocycles. The van der Waals surface area contributed by atoms with E-state index < -0.39 is 6.04 Å². The van der Waals surface area contributed by atoms with Gasteiger partial charge >= 0.3 is 0 Å². The van der Waals surface area contributed by atoms with Crippen molar-refractivity contribution in [2.75, 3.05) is 14.2 Å². The number of carbonyl (C=O) groups is 1. The number of benzene rings is 2. The number of ether oxygens (including phenoxy) is 2. The number of amides is 1. The van der Waals surface area contributed by atoms with Crippen LogP contribution in [0.1, 0.15) is 31.9 Å². The summed E-state index contributed by atoms with van der Waals surface area (Å²) >= 11 is 0. The van der Waals surface area contributed by atoms with E-state index in [2.05, 4.69) is 0 Å². The molecule has 0 saturated carbocycles. The number of carbonyl (C=O) groups excluding carboxylic acids is 1. The molecular formula is C24H30N2O4. The Morgan fingerprint density at radius 1 is 0.900 bits per heavy atom. The molecule has 1 amide bonds. The van der Waals surface area contributed by atoms with Gasteiger partial charge in [0.2, 0.25) is 11.8 Å². The zero-order valence-electron chi connectivity index (χ0n) is 18.3. The van der Waals surface area contributed by atoms with Crippen molar-refractivity contribution in [2.24, 2.45) is 5.92 Å². The Balaban J connectivity index is 1.89. The SMILES string of the molecule is COc1ccc(CN2C(=O)[C@H](C(C)C)N(Cc3ccc(OC)cc3)C(O)=C2C)cc1. The molecule has 1 aliphatic heterocycles. The zero-order chi connectivity index (χ0) is 21.8. The number of hydrogen-bond donors (Lipinski definition) is 1. The summed E-state index contributed by atoms with van der Waals surface area (Å²) in [5.41, 5.74) is 2.53. The summed E-state index contributed by atoms with van der Waals surface area (Å²) < 4.78 is 10.4. The second-order valence-electron chi connectivity index (χ2n) is 7.85. The van der Waals surface area contributed by atoms with Crippen molar-refractivity contribution in [1.29, 1.82) is 0 Å². The number of aliphatic hydroxyl groups excluding tert-OH is 1. The van der Waals surface area contributed by atoms with Gasteiger partial charge in [-0.25, -0.2) is 0 Å². The summed E-state index contributed by atoms with van der Waals surface area (Å²) in [6, 6.07) is 14.8. The highest BCUT2D eigenvalue weighted by Gasteiger charge is 2.40. The maximum Gasteiger partial charge on any atom is 0.250 e. The molecule has 6 nitrogen and oxygen atoms in total. The van der Waals surface area contributed by atoms with Crippen LogP contribution < -0.4 is 9.47 Å². The first-order chi connectivity index (χ1) is 14.3. The van der Waals surface area contributed by atoms with Crippen molar-refractivity contribution >= 4 is 5.91 Å². The number of methoxy groups -OCH3 is 2. The molecule has 0 bridgehead atoms. The summed E-state index contributed by atoms with van der Waals surface area (Å²) in [6.07, 6.45) is 0. The largest absolute Gasteiger partial charge is 0.497 e. The van der Waals surface area contributed by atoms with Crippen LogP contribution in [0.4, 0.5) is 0 Å². The van der Waals surface area contributed by atoms with E-state index in [9.17, 15) is 9.90 Å². The van der Waals surface area contributed by atoms with Gasteiger partial charge in [-0.15, -0.1) is 0 Å².